The predicted molar refractivity (Wildman–Crippen MR) is 102 cm³/mol. The van der Waals surface area contributed by atoms with Crippen molar-refractivity contribution in [3.05, 3.63) is 23.1 Å². The second-order valence-electron chi connectivity index (χ2n) is 7.96. The molecular weight excluding hydrogens is 356 g/mol. The molecule has 6 nitrogen and oxygen atoms in total. The Kier molecular flexibility index (Phi) is 3.71. The molecular formula is C17H23ClN6S. The van der Waals surface area contributed by atoms with Crippen LogP contribution < -0.4 is 10.0 Å². The van der Waals surface area contributed by atoms with Gasteiger partial charge in [0.1, 0.15) is 17.0 Å². The summed E-state index contributed by atoms with van der Waals surface area (Å²) >= 11 is 7.72. The van der Waals surface area contributed by atoms with Gasteiger partial charge in [-0.05, 0) is 44.2 Å². The molecule has 3 fully saturated rings. The Hall–Kier alpha value is -1.02. The minimum absolute atomic E-state index is 0.453. The minimum atomic E-state index is 0.453. The lowest BCUT2D eigenvalue weighted by molar-refractivity contribution is -0.00554. The first-order chi connectivity index (χ1) is 12.1. The van der Waals surface area contributed by atoms with E-state index in [0.29, 0.717) is 22.7 Å². The van der Waals surface area contributed by atoms with Gasteiger partial charge in [-0.25, -0.2) is 13.8 Å². The maximum Gasteiger partial charge on any atom is 0.156 e. The number of anilines is 1. The summed E-state index contributed by atoms with van der Waals surface area (Å²) in [5, 5.41) is 10.9. The lowest BCUT2D eigenvalue weighted by Gasteiger charge is -2.62. The maximum atomic E-state index is 6.26. The molecule has 0 radical (unpaired) electrons. The van der Waals surface area contributed by atoms with Crippen molar-refractivity contribution in [2.75, 3.05) is 18.0 Å². The molecule has 2 N–H and O–H groups in total. The van der Waals surface area contributed by atoms with Crippen LogP contribution in [0.4, 0.5) is 5.82 Å². The van der Waals surface area contributed by atoms with Crippen LogP contribution in [-0.4, -0.2) is 44.1 Å². The van der Waals surface area contributed by atoms with Gasteiger partial charge in [0.25, 0.3) is 0 Å². The summed E-state index contributed by atoms with van der Waals surface area (Å²) < 4.78 is 4.26. The van der Waals surface area contributed by atoms with Crippen LogP contribution in [0.1, 0.15) is 37.7 Å². The van der Waals surface area contributed by atoms with Gasteiger partial charge < -0.3 is 4.90 Å². The van der Waals surface area contributed by atoms with E-state index in [-0.39, 0.29) is 0 Å². The number of hydrogen-bond donors (Lipinski definition) is 1. The Labute approximate surface area is 157 Å². The van der Waals surface area contributed by atoms with Gasteiger partial charge in [-0.3, -0.25) is 5.14 Å². The summed E-state index contributed by atoms with van der Waals surface area (Å²) in [6.45, 7) is 4.22. The van der Waals surface area contributed by atoms with Gasteiger partial charge in [0, 0.05) is 42.7 Å². The summed E-state index contributed by atoms with van der Waals surface area (Å²) in [5.41, 5.74) is 2.62. The van der Waals surface area contributed by atoms with E-state index in [4.69, 9.17) is 16.7 Å². The van der Waals surface area contributed by atoms with E-state index in [2.05, 4.69) is 26.2 Å². The molecule has 8 heteroatoms. The second-order valence-corrected chi connectivity index (χ2v) is 8.98. The number of nitrogens with zero attached hydrogens (tertiary/aromatic N) is 5. The molecule has 5 rings (SSSR count). The van der Waals surface area contributed by atoms with Gasteiger partial charge in [-0.15, -0.1) is 0 Å². The summed E-state index contributed by atoms with van der Waals surface area (Å²) in [6.07, 6.45) is 8.10. The molecule has 3 heterocycles. The lowest BCUT2D eigenvalue weighted by atomic mass is 9.60. The van der Waals surface area contributed by atoms with Gasteiger partial charge in [-0.1, -0.05) is 18.0 Å². The van der Waals surface area contributed by atoms with E-state index >= 15 is 0 Å². The van der Waals surface area contributed by atoms with Crippen molar-refractivity contribution in [3.63, 3.8) is 0 Å². The number of aryl methyl sites for hydroxylation is 1. The van der Waals surface area contributed by atoms with Crippen LogP contribution in [0.2, 0.25) is 5.15 Å². The third kappa shape index (κ3) is 2.40. The molecule has 2 aromatic rings. The monoisotopic (exact) mass is 378 g/mol. The molecule has 1 spiro atoms. The Bertz CT molecular complexity index is 805. The molecule has 1 aliphatic heterocycles. The van der Waals surface area contributed by atoms with E-state index in [1.807, 2.05) is 6.07 Å². The summed E-state index contributed by atoms with van der Waals surface area (Å²) in [5.74, 6) is 1.01. The first-order valence-corrected chi connectivity index (χ1v) is 10.2. The fourth-order valence-electron chi connectivity index (χ4n) is 4.79. The number of fused-ring (bicyclic) bond motifs is 1. The molecule has 2 saturated carbocycles. The van der Waals surface area contributed by atoms with Crippen molar-refractivity contribution in [2.24, 2.45) is 10.6 Å². The van der Waals surface area contributed by atoms with Crippen molar-refractivity contribution in [2.45, 2.75) is 51.1 Å². The topological polar surface area (TPSA) is 62.7 Å². The van der Waals surface area contributed by atoms with Crippen molar-refractivity contribution >= 4 is 35.1 Å². The Balaban J connectivity index is 1.29. The molecule has 134 valence electrons. The van der Waals surface area contributed by atoms with E-state index in [1.54, 1.807) is 10.8 Å². The fraction of sp³-hybridized carbons (Fsp3) is 0.647. The molecule has 2 aromatic heterocycles. The molecule has 0 unspecified atom stereocenters. The van der Waals surface area contributed by atoms with Crippen molar-refractivity contribution in [1.29, 1.82) is 0 Å². The van der Waals surface area contributed by atoms with Gasteiger partial charge >= 0.3 is 0 Å². The minimum Gasteiger partial charge on any atom is -0.354 e. The van der Waals surface area contributed by atoms with Gasteiger partial charge in [0.2, 0.25) is 0 Å². The van der Waals surface area contributed by atoms with Crippen LogP contribution >= 0.6 is 23.7 Å². The van der Waals surface area contributed by atoms with Crippen LogP contribution in [0.3, 0.4) is 0 Å². The highest BCUT2D eigenvalue weighted by molar-refractivity contribution is 7.94. The number of halogens is 1. The molecule has 25 heavy (non-hydrogen) atoms. The zero-order chi connectivity index (χ0) is 17.2. The summed E-state index contributed by atoms with van der Waals surface area (Å²) in [4.78, 5) is 6.92. The average molecular weight is 379 g/mol. The molecule has 0 amide bonds. The Morgan fingerprint density at radius 1 is 1.32 bits per heavy atom. The smallest absolute Gasteiger partial charge is 0.156 e. The van der Waals surface area contributed by atoms with Crippen molar-refractivity contribution in [3.8, 4) is 0 Å². The summed E-state index contributed by atoms with van der Waals surface area (Å²) in [7, 11) is 0. The Morgan fingerprint density at radius 2 is 2.08 bits per heavy atom. The van der Waals surface area contributed by atoms with Crippen molar-refractivity contribution in [1.82, 2.24) is 18.9 Å². The molecule has 1 saturated heterocycles. The SMILES string of the molecule is Cc1cc(Cl)n2ncnc(N3CC4(CC(N(SN)C5CCC5)C4)C3)c12. The summed E-state index contributed by atoms with van der Waals surface area (Å²) in [6, 6.07) is 3.32. The normalized spacial score (nSPS) is 23.1. The van der Waals surface area contributed by atoms with E-state index in [9.17, 15) is 0 Å². The van der Waals surface area contributed by atoms with Crippen molar-refractivity contribution < 1.29 is 0 Å². The third-order valence-corrected chi connectivity index (χ3v) is 7.40. The van der Waals surface area contributed by atoms with Gasteiger partial charge in [0.05, 0.1) is 0 Å². The van der Waals surface area contributed by atoms with Crippen LogP contribution in [-0.2, 0) is 0 Å². The highest BCUT2D eigenvalue weighted by Crippen LogP contribution is 2.53. The molecule has 0 atom stereocenters. The zero-order valence-corrected chi connectivity index (χ0v) is 15.9. The van der Waals surface area contributed by atoms with Crippen LogP contribution in [0.5, 0.6) is 0 Å². The van der Waals surface area contributed by atoms with Crippen LogP contribution in [0, 0.1) is 12.3 Å². The quantitative estimate of drug-likeness (QED) is 0.825. The lowest BCUT2D eigenvalue weighted by Crippen LogP contribution is -2.67. The number of hydrogen-bond acceptors (Lipinski definition) is 6. The second kappa shape index (κ2) is 5.74. The standard InChI is InChI=1S/C17H23ClN6S/c1-11-5-14(18)23-15(11)16(20-10-21-23)22-8-17(9-22)6-13(7-17)24(25-19)12-3-2-4-12/h5,10,12-13H,2-4,6-9,19H2,1H3. The molecule has 0 bridgehead atoms. The fourth-order valence-corrected chi connectivity index (χ4v) is 5.79. The Morgan fingerprint density at radius 3 is 2.72 bits per heavy atom. The molecule has 2 aliphatic carbocycles. The number of aromatic nitrogens is 3. The highest BCUT2D eigenvalue weighted by atomic mass is 35.5. The van der Waals surface area contributed by atoms with Gasteiger partial charge in [-0.2, -0.15) is 5.10 Å². The van der Waals surface area contributed by atoms with E-state index in [0.717, 1.165) is 30.0 Å². The number of rotatable bonds is 4. The van der Waals surface area contributed by atoms with Crippen LogP contribution in [0.15, 0.2) is 12.4 Å². The maximum absolute atomic E-state index is 6.26. The first-order valence-electron chi connectivity index (χ1n) is 8.99. The predicted octanol–water partition coefficient (Wildman–Crippen LogP) is 3.04. The highest BCUT2D eigenvalue weighted by Gasteiger charge is 2.55. The molecule has 0 aromatic carbocycles. The zero-order valence-electron chi connectivity index (χ0n) is 14.4. The van der Waals surface area contributed by atoms with E-state index < -0.39 is 0 Å². The molecule has 3 aliphatic rings. The van der Waals surface area contributed by atoms with Crippen LogP contribution in [0.25, 0.3) is 5.52 Å². The third-order valence-electron chi connectivity index (χ3n) is 6.29. The largest absolute Gasteiger partial charge is 0.354 e. The van der Waals surface area contributed by atoms with E-state index in [1.165, 1.54) is 44.2 Å². The number of nitrogens with two attached hydrogens (primary N) is 1. The van der Waals surface area contributed by atoms with Gasteiger partial charge in [0.15, 0.2) is 5.82 Å². The first kappa shape index (κ1) is 16.2. The average Bonchev–Trinajstić information content (AvgIpc) is 2.76.